The van der Waals surface area contributed by atoms with Crippen LogP contribution in [0.1, 0.15) is 10.4 Å². The molecule has 6 heteroatoms. The molecule has 0 saturated heterocycles. The standard InChI is InChI=1S/C15H13BrN2O3/c16-11-6-2-3-7-12(11)18-15(20)10-5-1-4-8-13(10)21-9-14(17)19/h1-8H,9H2,(H2,17,19)(H,18,20). The minimum Gasteiger partial charge on any atom is -0.483 e. The van der Waals surface area contributed by atoms with Gasteiger partial charge in [-0.1, -0.05) is 24.3 Å². The lowest BCUT2D eigenvalue weighted by molar-refractivity contribution is -0.119. The molecular weight excluding hydrogens is 336 g/mol. The molecule has 3 N–H and O–H groups in total. The number of halogens is 1. The minimum absolute atomic E-state index is 0.278. The van der Waals surface area contributed by atoms with Crippen molar-refractivity contribution in [2.45, 2.75) is 0 Å². The predicted molar refractivity (Wildman–Crippen MR) is 83.2 cm³/mol. The van der Waals surface area contributed by atoms with Crippen molar-refractivity contribution in [3.63, 3.8) is 0 Å². The summed E-state index contributed by atoms with van der Waals surface area (Å²) in [6, 6.07) is 13.9. The highest BCUT2D eigenvalue weighted by Gasteiger charge is 2.13. The number of anilines is 1. The summed E-state index contributed by atoms with van der Waals surface area (Å²) in [7, 11) is 0. The third kappa shape index (κ3) is 4.06. The first-order valence-corrected chi connectivity index (χ1v) is 6.93. The van der Waals surface area contributed by atoms with Crippen LogP contribution >= 0.6 is 15.9 Å². The molecular formula is C15H13BrN2O3. The maximum atomic E-state index is 12.3. The number of ether oxygens (including phenoxy) is 1. The molecule has 0 heterocycles. The van der Waals surface area contributed by atoms with E-state index in [1.165, 1.54) is 0 Å². The molecule has 0 unspecified atom stereocenters. The summed E-state index contributed by atoms with van der Waals surface area (Å²) in [4.78, 5) is 23.1. The minimum atomic E-state index is -0.601. The molecule has 0 bridgehead atoms. The third-order valence-electron chi connectivity index (χ3n) is 2.62. The highest BCUT2D eigenvalue weighted by molar-refractivity contribution is 9.10. The number of carbonyl (C=O) groups excluding carboxylic acids is 2. The van der Waals surface area contributed by atoms with Gasteiger partial charge in [-0.2, -0.15) is 0 Å². The summed E-state index contributed by atoms with van der Waals surface area (Å²) in [6.07, 6.45) is 0. The Morgan fingerprint density at radius 1 is 1.10 bits per heavy atom. The molecule has 0 aromatic heterocycles. The largest absolute Gasteiger partial charge is 0.483 e. The van der Waals surface area contributed by atoms with E-state index < -0.39 is 5.91 Å². The fourth-order valence-corrected chi connectivity index (χ4v) is 2.07. The van der Waals surface area contributed by atoms with E-state index in [1.54, 1.807) is 30.3 Å². The van der Waals surface area contributed by atoms with E-state index in [0.29, 0.717) is 17.0 Å². The molecule has 0 saturated carbocycles. The van der Waals surface area contributed by atoms with Crippen molar-refractivity contribution in [2.24, 2.45) is 5.73 Å². The molecule has 2 aromatic carbocycles. The normalized spacial score (nSPS) is 9.95. The van der Waals surface area contributed by atoms with Crippen molar-refractivity contribution in [1.29, 1.82) is 0 Å². The van der Waals surface area contributed by atoms with Crippen LogP contribution in [-0.4, -0.2) is 18.4 Å². The van der Waals surface area contributed by atoms with Crippen LogP contribution in [0.25, 0.3) is 0 Å². The van der Waals surface area contributed by atoms with Crippen LogP contribution in [0.4, 0.5) is 5.69 Å². The van der Waals surface area contributed by atoms with Crippen molar-refractivity contribution >= 4 is 33.4 Å². The number of carbonyl (C=O) groups is 2. The van der Waals surface area contributed by atoms with Crippen LogP contribution in [0.5, 0.6) is 5.75 Å². The van der Waals surface area contributed by atoms with E-state index in [0.717, 1.165) is 4.47 Å². The number of nitrogens with one attached hydrogen (secondary N) is 1. The van der Waals surface area contributed by atoms with Gasteiger partial charge in [0.25, 0.3) is 11.8 Å². The van der Waals surface area contributed by atoms with Crippen molar-refractivity contribution in [3.8, 4) is 5.75 Å². The number of benzene rings is 2. The fourth-order valence-electron chi connectivity index (χ4n) is 1.68. The second-order valence-electron chi connectivity index (χ2n) is 4.19. The number of amides is 2. The van der Waals surface area contributed by atoms with E-state index in [2.05, 4.69) is 21.2 Å². The average Bonchev–Trinajstić information content (AvgIpc) is 2.47. The number of hydrogen-bond donors (Lipinski definition) is 2. The fraction of sp³-hybridized carbons (Fsp3) is 0.0667. The second-order valence-corrected chi connectivity index (χ2v) is 5.04. The molecule has 0 spiro atoms. The van der Waals surface area contributed by atoms with Crippen molar-refractivity contribution in [2.75, 3.05) is 11.9 Å². The van der Waals surface area contributed by atoms with Gasteiger partial charge >= 0.3 is 0 Å². The highest BCUT2D eigenvalue weighted by atomic mass is 79.9. The Labute approximate surface area is 130 Å². The van der Waals surface area contributed by atoms with Gasteiger partial charge in [-0.05, 0) is 40.2 Å². The van der Waals surface area contributed by atoms with Crippen LogP contribution in [0.15, 0.2) is 53.0 Å². The van der Waals surface area contributed by atoms with Crippen molar-refractivity contribution in [1.82, 2.24) is 0 Å². The van der Waals surface area contributed by atoms with Gasteiger partial charge in [-0.3, -0.25) is 9.59 Å². The van der Waals surface area contributed by atoms with Crippen LogP contribution in [0, 0.1) is 0 Å². The van der Waals surface area contributed by atoms with Gasteiger partial charge < -0.3 is 15.8 Å². The quantitative estimate of drug-likeness (QED) is 0.871. The van der Waals surface area contributed by atoms with Gasteiger partial charge in [-0.15, -0.1) is 0 Å². The maximum Gasteiger partial charge on any atom is 0.259 e. The summed E-state index contributed by atoms with van der Waals surface area (Å²) in [5, 5.41) is 2.77. The number of para-hydroxylation sites is 2. The van der Waals surface area contributed by atoms with Crippen molar-refractivity contribution < 1.29 is 14.3 Å². The second kappa shape index (κ2) is 6.90. The molecule has 0 radical (unpaired) electrons. The van der Waals surface area contributed by atoms with Gasteiger partial charge in [0.1, 0.15) is 5.75 Å². The van der Waals surface area contributed by atoms with E-state index >= 15 is 0 Å². The maximum absolute atomic E-state index is 12.3. The highest BCUT2D eigenvalue weighted by Crippen LogP contribution is 2.24. The molecule has 2 amide bonds. The number of hydrogen-bond acceptors (Lipinski definition) is 3. The third-order valence-corrected chi connectivity index (χ3v) is 3.32. The molecule has 0 aliphatic carbocycles. The van der Waals surface area contributed by atoms with E-state index in [-0.39, 0.29) is 12.5 Å². The van der Waals surface area contributed by atoms with Crippen LogP contribution in [0.3, 0.4) is 0 Å². The summed E-state index contributed by atoms with van der Waals surface area (Å²) >= 11 is 3.36. The SMILES string of the molecule is NC(=O)COc1ccccc1C(=O)Nc1ccccc1Br. The van der Waals surface area contributed by atoms with Crippen LogP contribution in [-0.2, 0) is 4.79 Å². The van der Waals surface area contributed by atoms with E-state index in [9.17, 15) is 9.59 Å². The Kier molecular flexibility index (Phi) is 4.94. The number of rotatable bonds is 5. The van der Waals surface area contributed by atoms with Gasteiger partial charge in [0.2, 0.25) is 0 Å². The van der Waals surface area contributed by atoms with Crippen molar-refractivity contribution in [3.05, 3.63) is 58.6 Å². The molecule has 21 heavy (non-hydrogen) atoms. The molecule has 2 aromatic rings. The Hall–Kier alpha value is -2.34. The predicted octanol–water partition coefficient (Wildman–Crippen LogP) is 2.57. The number of nitrogens with two attached hydrogens (primary N) is 1. The summed E-state index contributed by atoms with van der Waals surface area (Å²) in [5.74, 6) is -0.626. The van der Waals surface area contributed by atoms with Crippen LogP contribution < -0.4 is 15.8 Å². The van der Waals surface area contributed by atoms with Gasteiger partial charge in [0.15, 0.2) is 6.61 Å². The molecule has 2 rings (SSSR count). The first kappa shape index (κ1) is 15.1. The van der Waals surface area contributed by atoms with E-state index in [1.807, 2.05) is 18.2 Å². The van der Waals surface area contributed by atoms with E-state index in [4.69, 9.17) is 10.5 Å². The monoisotopic (exact) mass is 348 g/mol. The smallest absolute Gasteiger partial charge is 0.259 e. The first-order valence-electron chi connectivity index (χ1n) is 6.14. The Morgan fingerprint density at radius 2 is 1.76 bits per heavy atom. The lowest BCUT2D eigenvalue weighted by Crippen LogP contribution is -2.21. The zero-order valence-corrected chi connectivity index (χ0v) is 12.6. The first-order chi connectivity index (χ1) is 10.1. The molecule has 108 valence electrons. The number of primary amides is 1. The summed E-state index contributed by atoms with van der Waals surface area (Å²) in [5.41, 5.74) is 6.01. The average molecular weight is 349 g/mol. The molecule has 0 atom stereocenters. The summed E-state index contributed by atoms with van der Waals surface area (Å²) < 4.78 is 6.01. The lowest BCUT2D eigenvalue weighted by atomic mass is 10.2. The topological polar surface area (TPSA) is 81.4 Å². The van der Waals surface area contributed by atoms with Gasteiger partial charge in [-0.25, -0.2) is 0 Å². The zero-order chi connectivity index (χ0) is 15.2. The van der Waals surface area contributed by atoms with Gasteiger partial charge in [0.05, 0.1) is 11.3 Å². The molecule has 5 nitrogen and oxygen atoms in total. The molecule has 0 fully saturated rings. The molecule has 0 aliphatic rings. The Morgan fingerprint density at radius 3 is 2.48 bits per heavy atom. The lowest BCUT2D eigenvalue weighted by Gasteiger charge is -2.11. The van der Waals surface area contributed by atoms with Gasteiger partial charge in [0, 0.05) is 4.47 Å². The Balaban J connectivity index is 2.19. The summed E-state index contributed by atoms with van der Waals surface area (Å²) in [6.45, 7) is -0.278. The zero-order valence-electron chi connectivity index (χ0n) is 11.0. The molecule has 0 aliphatic heterocycles. The Bertz CT molecular complexity index is 673. The van der Waals surface area contributed by atoms with Crippen LogP contribution in [0.2, 0.25) is 0 Å².